The van der Waals surface area contributed by atoms with Crippen molar-refractivity contribution in [1.82, 2.24) is 0 Å². The van der Waals surface area contributed by atoms with Crippen molar-refractivity contribution >= 4 is 15.8 Å². The van der Waals surface area contributed by atoms with Crippen LogP contribution >= 0.6 is 0 Å². The topological polar surface area (TPSA) is 71.4 Å². The summed E-state index contributed by atoms with van der Waals surface area (Å²) in [6.07, 6.45) is 0.333. The van der Waals surface area contributed by atoms with Gasteiger partial charge < -0.3 is 5.11 Å². The Morgan fingerprint density at radius 1 is 1.24 bits per heavy atom. The molecule has 0 aliphatic rings. The second-order valence-electron chi connectivity index (χ2n) is 4.37. The normalized spacial score (nSPS) is 12.4. The molecular weight excluding hydrogens is 240 g/mol. The van der Waals surface area contributed by atoms with Gasteiger partial charge in [0.1, 0.15) is 0 Å². The van der Waals surface area contributed by atoms with Crippen LogP contribution in [0.2, 0.25) is 0 Å². The minimum Gasteiger partial charge on any atom is -0.480 e. The predicted octanol–water partition coefficient (Wildman–Crippen LogP) is 1.51. The van der Waals surface area contributed by atoms with Gasteiger partial charge in [-0.15, -0.1) is 0 Å². The average molecular weight is 256 g/mol. The number of hydrogen-bond donors (Lipinski definition) is 1. The number of sulfone groups is 1. The number of benzene rings is 1. The second kappa shape index (κ2) is 4.87. The van der Waals surface area contributed by atoms with Crippen LogP contribution in [-0.2, 0) is 21.1 Å². The van der Waals surface area contributed by atoms with Gasteiger partial charge in [-0.05, 0) is 25.8 Å². The zero-order valence-electron chi connectivity index (χ0n) is 9.88. The largest absolute Gasteiger partial charge is 0.480 e. The number of rotatable bonds is 5. The van der Waals surface area contributed by atoms with Gasteiger partial charge >= 0.3 is 5.97 Å². The monoisotopic (exact) mass is 256 g/mol. The highest BCUT2D eigenvalue weighted by Gasteiger charge is 2.41. The van der Waals surface area contributed by atoms with E-state index in [4.69, 9.17) is 5.11 Å². The summed E-state index contributed by atoms with van der Waals surface area (Å²) < 4.78 is 22.0. The third-order valence-electron chi connectivity index (χ3n) is 2.79. The number of carboxylic acid groups (broad SMARTS) is 1. The number of carbonyl (C=O) groups is 1. The molecule has 0 fully saturated rings. The van der Waals surface area contributed by atoms with Crippen molar-refractivity contribution in [2.24, 2.45) is 0 Å². The Labute approximate surface area is 101 Å². The molecule has 0 amide bonds. The summed E-state index contributed by atoms with van der Waals surface area (Å²) >= 11 is 0. The highest BCUT2D eigenvalue weighted by atomic mass is 32.2. The van der Waals surface area contributed by atoms with E-state index in [-0.39, 0.29) is 5.75 Å². The molecule has 94 valence electrons. The molecule has 0 aromatic heterocycles. The molecule has 1 rings (SSSR count). The summed E-state index contributed by atoms with van der Waals surface area (Å²) in [5, 5.41) is 8.89. The van der Waals surface area contributed by atoms with E-state index in [0.717, 1.165) is 5.56 Å². The summed E-state index contributed by atoms with van der Waals surface area (Å²) in [6.45, 7) is 2.44. The highest BCUT2D eigenvalue weighted by Crippen LogP contribution is 2.18. The zero-order valence-corrected chi connectivity index (χ0v) is 10.7. The van der Waals surface area contributed by atoms with Crippen LogP contribution < -0.4 is 0 Å². The van der Waals surface area contributed by atoms with Gasteiger partial charge in [-0.25, -0.2) is 8.42 Å². The van der Waals surface area contributed by atoms with E-state index in [2.05, 4.69) is 0 Å². The summed E-state index contributed by atoms with van der Waals surface area (Å²) in [4.78, 5) is 10.9. The first-order chi connectivity index (χ1) is 7.77. The molecule has 1 aromatic rings. The standard InChI is InChI=1S/C12H16O4S/c1-12(2,11(13)14)17(15,16)9-8-10-6-4-3-5-7-10/h3-7H,8-9H2,1-2H3,(H,13,14). The molecule has 17 heavy (non-hydrogen) atoms. The van der Waals surface area contributed by atoms with E-state index in [1.807, 2.05) is 30.3 Å². The third kappa shape index (κ3) is 3.06. The number of hydrogen-bond acceptors (Lipinski definition) is 3. The molecule has 1 aromatic carbocycles. The fraction of sp³-hybridized carbons (Fsp3) is 0.417. The lowest BCUT2D eigenvalue weighted by Crippen LogP contribution is -2.42. The van der Waals surface area contributed by atoms with Crippen molar-refractivity contribution in [3.63, 3.8) is 0 Å². The molecule has 1 N–H and O–H groups in total. The van der Waals surface area contributed by atoms with Crippen LogP contribution in [0.4, 0.5) is 0 Å². The van der Waals surface area contributed by atoms with Crippen molar-refractivity contribution in [2.45, 2.75) is 25.0 Å². The van der Waals surface area contributed by atoms with Gasteiger partial charge in [-0.2, -0.15) is 0 Å². The zero-order chi connectivity index (χ0) is 13.1. The predicted molar refractivity (Wildman–Crippen MR) is 65.6 cm³/mol. The molecule has 0 aliphatic carbocycles. The minimum atomic E-state index is -3.66. The van der Waals surface area contributed by atoms with Crippen LogP contribution in [0.3, 0.4) is 0 Å². The van der Waals surface area contributed by atoms with E-state index >= 15 is 0 Å². The maximum atomic E-state index is 11.9. The van der Waals surface area contributed by atoms with Gasteiger partial charge in [-0.1, -0.05) is 30.3 Å². The van der Waals surface area contributed by atoms with Crippen molar-refractivity contribution in [3.05, 3.63) is 35.9 Å². The first-order valence-corrected chi connectivity index (χ1v) is 6.92. The van der Waals surface area contributed by atoms with Crippen molar-refractivity contribution in [2.75, 3.05) is 5.75 Å². The molecule has 0 radical (unpaired) electrons. The fourth-order valence-corrected chi connectivity index (χ4v) is 2.57. The molecule has 0 saturated heterocycles. The lowest BCUT2D eigenvalue weighted by molar-refractivity contribution is -0.139. The van der Waals surface area contributed by atoms with Gasteiger partial charge in [0.15, 0.2) is 14.6 Å². The smallest absolute Gasteiger partial charge is 0.324 e. The molecule has 4 nitrogen and oxygen atoms in total. The number of aryl methyl sites for hydroxylation is 1. The van der Waals surface area contributed by atoms with Gasteiger partial charge in [-0.3, -0.25) is 4.79 Å². The quantitative estimate of drug-likeness (QED) is 0.866. The van der Waals surface area contributed by atoms with Gasteiger partial charge in [0.2, 0.25) is 0 Å². The Bertz CT molecular complexity index is 488. The van der Waals surface area contributed by atoms with E-state index in [1.54, 1.807) is 0 Å². The molecule has 5 heteroatoms. The van der Waals surface area contributed by atoms with Crippen molar-refractivity contribution in [1.29, 1.82) is 0 Å². The summed E-state index contributed by atoms with van der Waals surface area (Å²) in [5.41, 5.74) is 0.886. The molecule has 0 saturated carbocycles. The first kappa shape index (κ1) is 13.7. The average Bonchev–Trinajstić information content (AvgIpc) is 2.27. The van der Waals surface area contributed by atoms with Gasteiger partial charge in [0.25, 0.3) is 0 Å². The van der Waals surface area contributed by atoms with Crippen molar-refractivity contribution in [3.8, 4) is 0 Å². The van der Waals surface area contributed by atoms with Crippen molar-refractivity contribution < 1.29 is 18.3 Å². The summed E-state index contributed by atoms with van der Waals surface area (Å²) in [6, 6.07) is 9.14. The lowest BCUT2D eigenvalue weighted by atomic mass is 10.2. The molecule has 0 atom stereocenters. The maximum Gasteiger partial charge on any atom is 0.324 e. The Kier molecular flexibility index (Phi) is 3.93. The second-order valence-corrected chi connectivity index (χ2v) is 7.03. The van der Waals surface area contributed by atoms with E-state index in [0.29, 0.717) is 6.42 Å². The molecule has 0 bridgehead atoms. The van der Waals surface area contributed by atoms with Crippen LogP contribution in [0.5, 0.6) is 0 Å². The van der Waals surface area contributed by atoms with Gasteiger partial charge in [0.05, 0.1) is 5.75 Å². The Morgan fingerprint density at radius 2 is 1.76 bits per heavy atom. The summed E-state index contributed by atoms with van der Waals surface area (Å²) in [5.74, 6) is -1.47. The molecule has 0 aliphatic heterocycles. The third-order valence-corrected chi connectivity index (χ3v) is 5.27. The molecule has 0 spiro atoms. The Hall–Kier alpha value is -1.36. The number of carboxylic acids is 1. The van der Waals surface area contributed by atoms with Crippen LogP contribution in [0.25, 0.3) is 0 Å². The summed E-state index contributed by atoms with van der Waals surface area (Å²) in [7, 11) is -3.66. The first-order valence-electron chi connectivity index (χ1n) is 5.27. The van der Waals surface area contributed by atoms with E-state index < -0.39 is 20.6 Å². The fourth-order valence-electron chi connectivity index (χ4n) is 1.29. The number of aliphatic carboxylic acids is 1. The molecular formula is C12H16O4S. The van der Waals surface area contributed by atoms with E-state index in [1.165, 1.54) is 13.8 Å². The maximum absolute atomic E-state index is 11.9. The van der Waals surface area contributed by atoms with Gasteiger partial charge in [0, 0.05) is 0 Å². The highest BCUT2D eigenvalue weighted by molar-refractivity contribution is 7.93. The van der Waals surface area contributed by atoms with E-state index in [9.17, 15) is 13.2 Å². The Balaban J connectivity index is 2.79. The van der Waals surface area contributed by atoms with Crippen LogP contribution in [0.1, 0.15) is 19.4 Å². The SMILES string of the molecule is CC(C)(C(=O)O)S(=O)(=O)CCc1ccccc1. The van der Waals surface area contributed by atoms with Crippen LogP contribution in [0.15, 0.2) is 30.3 Å². The molecule has 0 heterocycles. The Morgan fingerprint density at radius 3 is 2.24 bits per heavy atom. The lowest BCUT2D eigenvalue weighted by Gasteiger charge is -2.19. The van der Waals surface area contributed by atoms with Crippen LogP contribution in [0, 0.1) is 0 Å². The minimum absolute atomic E-state index is 0.156. The molecule has 0 unspecified atom stereocenters. The van der Waals surface area contributed by atoms with Crippen LogP contribution in [-0.4, -0.2) is 30.0 Å².